The summed E-state index contributed by atoms with van der Waals surface area (Å²) in [6.07, 6.45) is 0.607. The van der Waals surface area contributed by atoms with Gasteiger partial charge >= 0.3 is 0 Å². The van der Waals surface area contributed by atoms with Gasteiger partial charge in [-0.15, -0.1) is 0 Å². The SMILES string of the molecule is COc1ccccc1OCCC(C#N)c1ccc(Cl)cc1. The van der Waals surface area contributed by atoms with Crippen molar-refractivity contribution in [1.82, 2.24) is 0 Å². The van der Waals surface area contributed by atoms with Crippen LogP contribution in [-0.4, -0.2) is 13.7 Å². The number of rotatable bonds is 6. The van der Waals surface area contributed by atoms with Crippen LogP contribution in [0.4, 0.5) is 0 Å². The van der Waals surface area contributed by atoms with Crippen LogP contribution in [0, 0.1) is 11.3 Å². The van der Waals surface area contributed by atoms with Crippen LogP contribution in [0.5, 0.6) is 11.5 Å². The minimum Gasteiger partial charge on any atom is -0.493 e. The van der Waals surface area contributed by atoms with Crippen LogP contribution in [0.15, 0.2) is 48.5 Å². The Bertz CT molecular complexity index is 619. The number of methoxy groups -OCH3 is 1. The lowest BCUT2D eigenvalue weighted by Gasteiger charge is -2.13. The van der Waals surface area contributed by atoms with Crippen LogP contribution >= 0.6 is 11.6 Å². The van der Waals surface area contributed by atoms with Crippen molar-refractivity contribution in [2.75, 3.05) is 13.7 Å². The van der Waals surface area contributed by atoms with E-state index in [0.29, 0.717) is 29.5 Å². The summed E-state index contributed by atoms with van der Waals surface area (Å²) in [5, 5.41) is 9.95. The Kier molecular flexibility index (Phi) is 5.48. The molecule has 21 heavy (non-hydrogen) atoms. The Morgan fingerprint density at radius 1 is 1.10 bits per heavy atom. The molecule has 3 nitrogen and oxygen atoms in total. The third-order valence-electron chi connectivity index (χ3n) is 3.16. The molecule has 0 aliphatic rings. The molecule has 2 rings (SSSR count). The molecule has 2 aromatic carbocycles. The second-order valence-electron chi connectivity index (χ2n) is 4.52. The predicted molar refractivity (Wildman–Crippen MR) is 82.9 cm³/mol. The molecule has 0 spiro atoms. The van der Waals surface area contributed by atoms with Gasteiger partial charge in [-0.25, -0.2) is 0 Å². The monoisotopic (exact) mass is 301 g/mol. The number of halogens is 1. The van der Waals surface area contributed by atoms with Crippen LogP contribution in [0.3, 0.4) is 0 Å². The smallest absolute Gasteiger partial charge is 0.161 e. The zero-order chi connectivity index (χ0) is 15.1. The molecule has 0 aromatic heterocycles. The van der Waals surface area contributed by atoms with E-state index in [2.05, 4.69) is 6.07 Å². The fourth-order valence-electron chi connectivity index (χ4n) is 2.03. The van der Waals surface area contributed by atoms with Crippen molar-refractivity contribution < 1.29 is 9.47 Å². The molecule has 108 valence electrons. The van der Waals surface area contributed by atoms with E-state index in [1.54, 1.807) is 19.2 Å². The summed E-state index contributed by atoms with van der Waals surface area (Å²) in [6.45, 7) is 0.446. The van der Waals surface area contributed by atoms with E-state index in [1.165, 1.54) is 0 Å². The zero-order valence-corrected chi connectivity index (χ0v) is 12.5. The van der Waals surface area contributed by atoms with Crippen LogP contribution < -0.4 is 9.47 Å². The van der Waals surface area contributed by atoms with Crippen molar-refractivity contribution >= 4 is 11.6 Å². The fourth-order valence-corrected chi connectivity index (χ4v) is 2.15. The maximum atomic E-state index is 9.28. The van der Waals surface area contributed by atoms with Gasteiger partial charge < -0.3 is 9.47 Å². The standard InChI is InChI=1S/C17H16ClNO2/c1-20-16-4-2-3-5-17(16)21-11-10-14(12-19)13-6-8-15(18)9-7-13/h2-9,14H,10-11H2,1H3. The summed E-state index contributed by atoms with van der Waals surface area (Å²) in [5.41, 5.74) is 0.950. The highest BCUT2D eigenvalue weighted by Gasteiger charge is 2.11. The first-order valence-corrected chi connectivity index (χ1v) is 7.03. The van der Waals surface area contributed by atoms with Gasteiger partial charge in [-0.05, 0) is 29.8 Å². The summed E-state index contributed by atoms with van der Waals surface area (Å²) in [6, 6.07) is 17.1. The maximum absolute atomic E-state index is 9.28. The highest BCUT2D eigenvalue weighted by molar-refractivity contribution is 6.30. The first-order chi connectivity index (χ1) is 10.2. The predicted octanol–water partition coefficient (Wildman–Crippen LogP) is 4.42. The number of hydrogen-bond donors (Lipinski definition) is 0. The molecule has 1 atom stereocenters. The molecule has 1 unspecified atom stereocenters. The van der Waals surface area contributed by atoms with Gasteiger partial charge in [-0.3, -0.25) is 0 Å². The molecule has 0 radical (unpaired) electrons. The molecule has 0 aliphatic heterocycles. The van der Waals surface area contributed by atoms with Crippen molar-refractivity contribution in [1.29, 1.82) is 5.26 Å². The summed E-state index contributed by atoms with van der Waals surface area (Å²) >= 11 is 5.86. The molecule has 0 amide bonds. The Balaban J connectivity index is 1.95. The molecule has 0 heterocycles. The van der Waals surface area contributed by atoms with Gasteiger partial charge in [-0.1, -0.05) is 35.9 Å². The average molecular weight is 302 g/mol. The third kappa shape index (κ3) is 4.14. The normalized spacial score (nSPS) is 11.5. The van der Waals surface area contributed by atoms with E-state index in [4.69, 9.17) is 21.1 Å². The second-order valence-corrected chi connectivity index (χ2v) is 4.96. The number of nitrogens with zero attached hydrogens (tertiary/aromatic N) is 1. The first-order valence-electron chi connectivity index (χ1n) is 6.65. The lowest BCUT2D eigenvalue weighted by molar-refractivity contribution is 0.285. The molecule has 2 aromatic rings. The van der Waals surface area contributed by atoms with Crippen molar-refractivity contribution in [2.24, 2.45) is 0 Å². The van der Waals surface area contributed by atoms with Gasteiger partial charge in [0.25, 0.3) is 0 Å². The molecule has 0 saturated carbocycles. The zero-order valence-electron chi connectivity index (χ0n) is 11.8. The number of para-hydroxylation sites is 2. The van der Waals surface area contributed by atoms with Crippen molar-refractivity contribution in [3.05, 3.63) is 59.1 Å². The summed E-state index contributed by atoms with van der Waals surface area (Å²) in [5.74, 6) is 1.17. The lowest BCUT2D eigenvalue weighted by Crippen LogP contribution is -2.05. The van der Waals surface area contributed by atoms with E-state index < -0.39 is 0 Å². The summed E-state index contributed by atoms with van der Waals surface area (Å²) in [7, 11) is 1.61. The molecule has 0 aliphatic carbocycles. The van der Waals surface area contributed by atoms with E-state index in [9.17, 15) is 5.26 Å². The van der Waals surface area contributed by atoms with Crippen molar-refractivity contribution in [3.63, 3.8) is 0 Å². The van der Waals surface area contributed by atoms with Gasteiger partial charge in [0.1, 0.15) is 0 Å². The van der Waals surface area contributed by atoms with Crippen LogP contribution in [-0.2, 0) is 0 Å². The molecule has 0 bridgehead atoms. The van der Waals surface area contributed by atoms with Gasteiger partial charge in [0.2, 0.25) is 0 Å². The molecule has 0 N–H and O–H groups in total. The second kappa shape index (κ2) is 7.56. The molecular formula is C17H16ClNO2. The number of benzene rings is 2. The van der Waals surface area contributed by atoms with Gasteiger partial charge in [-0.2, -0.15) is 5.26 Å². The Morgan fingerprint density at radius 2 is 1.76 bits per heavy atom. The fraction of sp³-hybridized carbons (Fsp3) is 0.235. The lowest BCUT2D eigenvalue weighted by atomic mass is 9.98. The van der Waals surface area contributed by atoms with Crippen LogP contribution in [0.1, 0.15) is 17.9 Å². The summed E-state index contributed by atoms with van der Waals surface area (Å²) in [4.78, 5) is 0. The minimum absolute atomic E-state index is 0.211. The van der Waals surface area contributed by atoms with E-state index >= 15 is 0 Å². The third-order valence-corrected chi connectivity index (χ3v) is 3.41. The Labute approximate surface area is 129 Å². The molecule has 0 fully saturated rings. The van der Waals surface area contributed by atoms with Crippen molar-refractivity contribution in [2.45, 2.75) is 12.3 Å². The van der Waals surface area contributed by atoms with Crippen molar-refractivity contribution in [3.8, 4) is 17.6 Å². The highest BCUT2D eigenvalue weighted by atomic mass is 35.5. The largest absolute Gasteiger partial charge is 0.493 e. The molecule has 0 saturated heterocycles. The Hall–Kier alpha value is -2.18. The number of hydrogen-bond acceptors (Lipinski definition) is 3. The number of ether oxygens (including phenoxy) is 2. The Morgan fingerprint density at radius 3 is 2.38 bits per heavy atom. The average Bonchev–Trinajstić information content (AvgIpc) is 2.53. The first kappa shape index (κ1) is 15.2. The topological polar surface area (TPSA) is 42.2 Å². The van der Waals surface area contributed by atoms with Gasteiger partial charge in [0, 0.05) is 11.4 Å². The highest BCUT2D eigenvalue weighted by Crippen LogP contribution is 2.27. The molecular weight excluding hydrogens is 286 g/mol. The quantitative estimate of drug-likeness (QED) is 0.793. The van der Waals surface area contributed by atoms with E-state index in [1.807, 2.05) is 36.4 Å². The van der Waals surface area contributed by atoms with Crippen LogP contribution in [0.25, 0.3) is 0 Å². The van der Waals surface area contributed by atoms with Gasteiger partial charge in [0.05, 0.1) is 25.7 Å². The van der Waals surface area contributed by atoms with Crippen LogP contribution in [0.2, 0.25) is 5.02 Å². The minimum atomic E-state index is -0.211. The number of nitriles is 1. The van der Waals surface area contributed by atoms with E-state index in [0.717, 1.165) is 5.56 Å². The summed E-state index contributed by atoms with van der Waals surface area (Å²) < 4.78 is 10.9. The molecule has 4 heteroatoms. The maximum Gasteiger partial charge on any atom is 0.161 e. The van der Waals surface area contributed by atoms with Gasteiger partial charge in [0.15, 0.2) is 11.5 Å². The van der Waals surface area contributed by atoms with E-state index in [-0.39, 0.29) is 5.92 Å².